The first-order chi connectivity index (χ1) is 14.0. The lowest BCUT2D eigenvalue weighted by molar-refractivity contribution is 0.102. The van der Waals surface area contributed by atoms with Crippen LogP contribution >= 0.6 is 0 Å². The van der Waals surface area contributed by atoms with Crippen LogP contribution in [0.5, 0.6) is 11.5 Å². The van der Waals surface area contributed by atoms with Crippen molar-refractivity contribution < 1.29 is 19.1 Å². The van der Waals surface area contributed by atoms with Crippen LogP contribution in [0.2, 0.25) is 0 Å². The highest BCUT2D eigenvalue weighted by Crippen LogP contribution is 2.26. The number of hydrogen-bond acceptors (Lipinski definition) is 4. The number of methoxy groups -OCH3 is 2. The number of para-hydroxylation sites is 1. The summed E-state index contributed by atoms with van der Waals surface area (Å²) in [6.45, 7) is 1.95. The van der Waals surface area contributed by atoms with Gasteiger partial charge in [-0.25, -0.2) is 0 Å². The molecule has 148 valence electrons. The average molecular weight is 390 g/mol. The highest BCUT2D eigenvalue weighted by atomic mass is 16.5. The molecule has 3 aromatic rings. The van der Waals surface area contributed by atoms with Crippen LogP contribution in [0.4, 0.5) is 11.4 Å². The second-order valence-electron chi connectivity index (χ2n) is 6.39. The first kappa shape index (κ1) is 19.9. The fourth-order valence-electron chi connectivity index (χ4n) is 2.89. The molecule has 0 aromatic heterocycles. The van der Waals surface area contributed by atoms with Gasteiger partial charge in [-0.15, -0.1) is 0 Å². The zero-order chi connectivity index (χ0) is 20.8. The van der Waals surface area contributed by atoms with Gasteiger partial charge in [0, 0.05) is 11.8 Å². The van der Waals surface area contributed by atoms with Crippen LogP contribution in [-0.4, -0.2) is 26.0 Å². The number of anilines is 2. The van der Waals surface area contributed by atoms with E-state index in [-0.39, 0.29) is 11.8 Å². The molecule has 0 atom stereocenters. The van der Waals surface area contributed by atoms with E-state index in [2.05, 4.69) is 10.6 Å². The molecule has 29 heavy (non-hydrogen) atoms. The van der Waals surface area contributed by atoms with Gasteiger partial charge >= 0.3 is 0 Å². The molecule has 0 saturated heterocycles. The third kappa shape index (κ3) is 4.73. The number of rotatable bonds is 6. The summed E-state index contributed by atoms with van der Waals surface area (Å²) in [5, 5.41) is 5.66. The van der Waals surface area contributed by atoms with E-state index in [1.165, 1.54) is 14.2 Å². The number of aryl methyl sites for hydroxylation is 1. The first-order valence-electron chi connectivity index (χ1n) is 9.02. The molecule has 0 unspecified atom stereocenters. The summed E-state index contributed by atoms with van der Waals surface area (Å²) in [7, 11) is 3.02. The van der Waals surface area contributed by atoms with Crippen molar-refractivity contribution in [2.75, 3.05) is 24.9 Å². The van der Waals surface area contributed by atoms with Crippen molar-refractivity contribution in [3.05, 3.63) is 83.4 Å². The Kier molecular flexibility index (Phi) is 6.14. The fraction of sp³-hybridized carbons (Fsp3) is 0.130. The maximum absolute atomic E-state index is 12.8. The number of benzene rings is 3. The van der Waals surface area contributed by atoms with E-state index in [1.807, 2.05) is 31.2 Å². The molecular weight excluding hydrogens is 368 g/mol. The maximum atomic E-state index is 12.8. The lowest BCUT2D eigenvalue weighted by Crippen LogP contribution is -2.18. The normalized spacial score (nSPS) is 10.2. The smallest absolute Gasteiger partial charge is 0.259 e. The SMILES string of the molecule is COc1ccc(C(=O)Nc2ccccc2C(=O)Nc2cccc(C)c2)c(OC)c1. The van der Waals surface area contributed by atoms with Crippen LogP contribution in [0, 0.1) is 6.92 Å². The molecule has 0 bridgehead atoms. The number of ether oxygens (including phenoxy) is 2. The zero-order valence-corrected chi connectivity index (χ0v) is 16.5. The Morgan fingerprint density at radius 3 is 2.24 bits per heavy atom. The minimum atomic E-state index is -0.389. The van der Waals surface area contributed by atoms with Crippen molar-refractivity contribution >= 4 is 23.2 Å². The second kappa shape index (κ2) is 8.93. The summed E-state index contributed by atoms with van der Waals surface area (Å²) in [4.78, 5) is 25.6. The van der Waals surface area contributed by atoms with E-state index < -0.39 is 0 Å². The maximum Gasteiger partial charge on any atom is 0.259 e. The fourth-order valence-corrected chi connectivity index (χ4v) is 2.89. The summed E-state index contributed by atoms with van der Waals surface area (Å²) < 4.78 is 10.5. The molecule has 6 heteroatoms. The minimum Gasteiger partial charge on any atom is -0.497 e. The standard InChI is InChI=1S/C23H22N2O4/c1-15-7-6-8-16(13-15)24-22(26)18-9-4-5-10-20(18)25-23(27)19-12-11-17(28-2)14-21(19)29-3/h4-14H,1-3H3,(H,24,26)(H,25,27). The highest BCUT2D eigenvalue weighted by molar-refractivity contribution is 6.13. The topological polar surface area (TPSA) is 76.7 Å². The zero-order valence-electron chi connectivity index (χ0n) is 16.5. The van der Waals surface area contributed by atoms with E-state index >= 15 is 0 Å². The van der Waals surface area contributed by atoms with Crippen LogP contribution in [0.25, 0.3) is 0 Å². The first-order valence-corrected chi connectivity index (χ1v) is 9.02. The molecule has 3 rings (SSSR count). The van der Waals surface area contributed by atoms with Crippen molar-refractivity contribution in [1.29, 1.82) is 0 Å². The molecule has 2 N–H and O–H groups in total. The Morgan fingerprint density at radius 2 is 1.52 bits per heavy atom. The van der Waals surface area contributed by atoms with Gasteiger partial charge in [0.05, 0.1) is 31.0 Å². The number of nitrogens with one attached hydrogen (secondary N) is 2. The molecule has 0 aliphatic carbocycles. The predicted molar refractivity (Wildman–Crippen MR) is 113 cm³/mol. The van der Waals surface area contributed by atoms with Crippen LogP contribution in [0.3, 0.4) is 0 Å². The van der Waals surface area contributed by atoms with Crippen LogP contribution < -0.4 is 20.1 Å². The average Bonchev–Trinajstić information content (AvgIpc) is 2.73. The molecule has 2 amide bonds. The number of hydrogen-bond donors (Lipinski definition) is 2. The lowest BCUT2D eigenvalue weighted by Gasteiger charge is -2.14. The number of amides is 2. The molecule has 0 spiro atoms. The third-order valence-electron chi connectivity index (χ3n) is 4.35. The van der Waals surface area contributed by atoms with E-state index in [4.69, 9.17) is 9.47 Å². The van der Waals surface area contributed by atoms with Crippen LogP contribution in [-0.2, 0) is 0 Å². The van der Waals surface area contributed by atoms with Crippen molar-refractivity contribution in [2.45, 2.75) is 6.92 Å². The molecule has 0 fully saturated rings. The summed E-state index contributed by atoms with van der Waals surface area (Å²) in [5.74, 6) is 0.258. The van der Waals surface area contributed by atoms with Gasteiger partial charge in [0.25, 0.3) is 11.8 Å². The van der Waals surface area contributed by atoms with Gasteiger partial charge in [-0.2, -0.15) is 0 Å². The summed E-state index contributed by atoms with van der Waals surface area (Å²) in [6.07, 6.45) is 0. The molecule has 0 heterocycles. The molecular formula is C23H22N2O4. The largest absolute Gasteiger partial charge is 0.497 e. The number of carbonyl (C=O) groups excluding carboxylic acids is 2. The predicted octanol–water partition coefficient (Wildman–Crippen LogP) is 4.52. The van der Waals surface area contributed by atoms with Gasteiger partial charge in [-0.05, 0) is 48.9 Å². The monoisotopic (exact) mass is 390 g/mol. The third-order valence-corrected chi connectivity index (χ3v) is 4.35. The van der Waals surface area contributed by atoms with Gasteiger partial charge in [-0.3, -0.25) is 9.59 Å². The van der Waals surface area contributed by atoms with E-state index in [0.717, 1.165) is 5.56 Å². The van der Waals surface area contributed by atoms with E-state index in [9.17, 15) is 9.59 Å². The molecule has 0 saturated carbocycles. The molecule has 0 aliphatic heterocycles. The Labute approximate surface area is 169 Å². The van der Waals surface area contributed by atoms with Gasteiger partial charge in [0.2, 0.25) is 0 Å². The van der Waals surface area contributed by atoms with Gasteiger partial charge in [0.15, 0.2) is 0 Å². The van der Waals surface area contributed by atoms with Crippen molar-refractivity contribution in [3.8, 4) is 11.5 Å². The molecule has 6 nitrogen and oxygen atoms in total. The quantitative estimate of drug-likeness (QED) is 0.649. The van der Waals surface area contributed by atoms with Crippen LogP contribution in [0.1, 0.15) is 26.3 Å². The molecule has 3 aromatic carbocycles. The molecule has 0 radical (unpaired) electrons. The van der Waals surface area contributed by atoms with E-state index in [0.29, 0.717) is 34.0 Å². The van der Waals surface area contributed by atoms with Crippen molar-refractivity contribution in [2.24, 2.45) is 0 Å². The van der Waals surface area contributed by atoms with Crippen molar-refractivity contribution in [3.63, 3.8) is 0 Å². The Hall–Kier alpha value is -3.80. The van der Waals surface area contributed by atoms with Gasteiger partial charge < -0.3 is 20.1 Å². The van der Waals surface area contributed by atoms with Crippen molar-refractivity contribution in [1.82, 2.24) is 0 Å². The second-order valence-corrected chi connectivity index (χ2v) is 6.39. The van der Waals surface area contributed by atoms with Gasteiger partial charge in [0.1, 0.15) is 11.5 Å². The Bertz CT molecular complexity index is 1050. The minimum absolute atomic E-state index is 0.312. The number of carbonyl (C=O) groups is 2. The van der Waals surface area contributed by atoms with E-state index in [1.54, 1.807) is 42.5 Å². The molecule has 0 aliphatic rings. The summed E-state index contributed by atoms with van der Waals surface area (Å²) >= 11 is 0. The Balaban J connectivity index is 1.84. The summed E-state index contributed by atoms with van der Waals surface area (Å²) in [5.41, 5.74) is 2.82. The summed E-state index contributed by atoms with van der Waals surface area (Å²) in [6, 6.07) is 19.3. The Morgan fingerprint density at radius 1 is 0.759 bits per heavy atom. The lowest BCUT2D eigenvalue weighted by atomic mass is 10.1. The van der Waals surface area contributed by atoms with Crippen LogP contribution in [0.15, 0.2) is 66.7 Å². The van der Waals surface area contributed by atoms with Gasteiger partial charge in [-0.1, -0.05) is 24.3 Å². The highest BCUT2D eigenvalue weighted by Gasteiger charge is 2.17.